The number of pyridine rings is 1. The second kappa shape index (κ2) is 7.97. The van der Waals surface area contributed by atoms with Crippen LogP contribution in [0.25, 0.3) is 16.9 Å². The molecule has 1 saturated heterocycles. The van der Waals surface area contributed by atoms with Gasteiger partial charge in [0.05, 0.1) is 17.1 Å². The van der Waals surface area contributed by atoms with Gasteiger partial charge in [0.2, 0.25) is 0 Å². The molecule has 7 nitrogen and oxygen atoms in total. The largest absolute Gasteiger partial charge is 0.444 e. The fourth-order valence-corrected chi connectivity index (χ4v) is 3.88. The van der Waals surface area contributed by atoms with Crippen LogP contribution in [-0.4, -0.2) is 49.8 Å². The summed E-state index contributed by atoms with van der Waals surface area (Å²) in [5, 5.41) is 3.53. The summed E-state index contributed by atoms with van der Waals surface area (Å²) in [5.74, 6) is 1.59. The van der Waals surface area contributed by atoms with E-state index >= 15 is 0 Å². The Morgan fingerprint density at radius 1 is 1.17 bits per heavy atom. The van der Waals surface area contributed by atoms with Crippen LogP contribution in [0.2, 0.25) is 0 Å². The van der Waals surface area contributed by atoms with E-state index in [0.717, 1.165) is 35.5 Å². The molecular weight excluding hydrogens is 378 g/mol. The Labute approximate surface area is 177 Å². The minimum absolute atomic E-state index is 0.00753. The molecule has 1 aromatic carbocycles. The molecular formula is C23H29N5O2. The number of fused-ring (bicyclic) bond motifs is 1. The van der Waals surface area contributed by atoms with Crippen LogP contribution in [-0.2, 0) is 4.74 Å². The molecule has 158 valence electrons. The minimum atomic E-state index is -0.499. The van der Waals surface area contributed by atoms with Gasteiger partial charge >= 0.3 is 6.09 Å². The third-order valence-electron chi connectivity index (χ3n) is 5.38. The second-order valence-corrected chi connectivity index (χ2v) is 8.79. The Balaban J connectivity index is 1.52. The molecule has 0 unspecified atom stereocenters. The Morgan fingerprint density at radius 3 is 2.77 bits per heavy atom. The summed E-state index contributed by atoms with van der Waals surface area (Å²) in [6.07, 6.45) is 3.44. The Hall–Kier alpha value is -3.09. The van der Waals surface area contributed by atoms with Gasteiger partial charge in [0.1, 0.15) is 23.6 Å². The first-order chi connectivity index (χ1) is 14.3. The van der Waals surface area contributed by atoms with E-state index in [9.17, 15) is 4.79 Å². The number of imidazole rings is 1. The van der Waals surface area contributed by atoms with Crippen LogP contribution in [0.3, 0.4) is 0 Å². The molecule has 30 heavy (non-hydrogen) atoms. The molecule has 4 rings (SSSR count). The first-order valence-electron chi connectivity index (χ1n) is 10.5. The molecule has 0 radical (unpaired) electrons. The summed E-state index contributed by atoms with van der Waals surface area (Å²) in [4.78, 5) is 23.7. The fraction of sp³-hybridized carbons (Fsp3) is 0.435. The molecule has 0 aliphatic carbocycles. The van der Waals surface area contributed by atoms with E-state index < -0.39 is 5.60 Å². The van der Waals surface area contributed by atoms with E-state index in [4.69, 9.17) is 9.72 Å². The quantitative estimate of drug-likeness (QED) is 0.686. The van der Waals surface area contributed by atoms with Gasteiger partial charge in [-0.1, -0.05) is 18.2 Å². The van der Waals surface area contributed by atoms with E-state index in [2.05, 4.69) is 17.2 Å². The molecule has 1 N–H and O–H groups in total. The predicted octanol–water partition coefficient (Wildman–Crippen LogP) is 4.62. The van der Waals surface area contributed by atoms with Gasteiger partial charge in [0.25, 0.3) is 0 Å². The highest BCUT2D eigenvalue weighted by Crippen LogP contribution is 2.24. The predicted molar refractivity (Wildman–Crippen MR) is 118 cm³/mol. The molecule has 1 amide bonds. The van der Waals surface area contributed by atoms with Crippen LogP contribution in [0.1, 0.15) is 40.5 Å². The van der Waals surface area contributed by atoms with E-state index in [1.807, 2.05) is 72.7 Å². The fourth-order valence-electron chi connectivity index (χ4n) is 3.88. The van der Waals surface area contributed by atoms with Crippen LogP contribution in [0.15, 0.2) is 48.8 Å². The number of nitrogens with zero attached hydrogens (tertiary/aromatic N) is 4. The number of aromatic nitrogens is 3. The maximum Gasteiger partial charge on any atom is 0.410 e. The number of nitrogens with one attached hydrogen (secondary N) is 1. The van der Waals surface area contributed by atoms with Crippen molar-refractivity contribution >= 4 is 22.9 Å². The van der Waals surface area contributed by atoms with Crippen molar-refractivity contribution in [3.8, 4) is 5.82 Å². The number of para-hydroxylation sites is 2. The van der Waals surface area contributed by atoms with E-state index in [0.29, 0.717) is 6.54 Å². The normalized spacial score (nSPS) is 19.7. The standard InChI is InChI=1S/C23H29N5O2/c1-16-17(10-8-14-27(16)22(29)30-23(2,3)4)25-20-12-7-13-21(26-20)28-15-24-18-9-5-6-11-19(18)28/h5-7,9,11-13,15-17H,8,10,14H2,1-4H3,(H,25,26)/t16-,17-/m1/s1. The van der Waals surface area contributed by atoms with Gasteiger partial charge in [-0.05, 0) is 64.8 Å². The Kier molecular flexibility index (Phi) is 5.37. The minimum Gasteiger partial charge on any atom is -0.444 e. The van der Waals surface area contributed by atoms with Gasteiger partial charge in [0, 0.05) is 12.6 Å². The molecule has 1 fully saturated rings. The van der Waals surface area contributed by atoms with E-state index in [1.165, 1.54) is 0 Å². The number of benzene rings is 1. The van der Waals surface area contributed by atoms with Crippen LogP contribution >= 0.6 is 0 Å². The first kappa shape index (κ1) is 20.2. The Morgan fingerprint density at radius 2 is 1.97 bits per heavy atom. The van der Waals surface area contributed by atoms with Crippen molar-refractivity contribution in [2.24, 2.45) is 0 Å². The third-order valence-corrected chi connectivity index (χ3v) is 5.38. The Bertz CT molecular complexity index is 1040. The van der Waals surface area contributed by atoms with Crippen molar-refractivity contribution in [2.45, 2.75) is 58.2 Å². The SMILES string of the molecule is C[C@@H]1[C@H](Nc2cccc(-n3cnc4ccccc43)n2)CCCN1C(=O)OC(C)(C)C. The van der Waals surface area contributed by atoms with Gasteiger partial charge in [-0.3, -0.25) is 4.57 Å². The molecule has 0 spiro atoms. The molecule has 0 bridgehead atoms. The molecule has 3 aromatic rings. The van der Waals surface area contributed by atoms with Crippen molar-refractivity contribution in [1.29, 1.82) is 0 Å². The van der Waals surface area contributed by atoms with Crippen LogP contribution in [0.4, 0.5) is 10.6 Å². The topological polar surface area (TPSA) is 72.3 Å². The number of carbonyl (C=O) groups is 1. The highest BCUT2D eigenvalue weighted by atomic mass is 16.6. The average Bonchev–Trinajstić information content (AvgIpc) is 3.13. The number of hydrogen-bond donors (Lipinski definition) is 1. The lowest BCUT2D eigenvalue weighted by Gasteiger charge is -2.40. The number of hydrogen-bond acceptors (Lipinski definition) is 5. The number of likely N-dealkylation sites (tertiary alicyclic amines) is 1. The zero-order valence-electron chi connectivity index (χ0n) is 18.0. The zero-order valence-corrected chi connectivity index (χ0v) is 18.0. The molecule has 1 aliphatic rings. The van der Waals surface area contributed by atoms with Crippen LogP contribution in [0, 0.1) is 0 Å². The van der Waals surface area contributed by atoms with E-state index in [-0.39, 0.29) is 18.2 Å². The number of rotatable bonds is 3. The molecule has 2 aromatic heterocycles. The van der Waals surface area contributed by atoms with Gasteiger partial charge < -0.3 is 15.0 Å². The summed E-state index contributed by atoms with van der Waals surface area (Å²) >= 11 is 0. The van der Waals surface area contributed by atoms with Crippen molar-refractivity contribution in [1.82, 2.24) is 19.4 Å². The lowest BCUT2D eigenvalue weighted by Crippen LogP contribution is -2.53. The van der Waals surface area contributed by atoms with Gasteiger partial charge in [-0.25, -0.2) is 14.8 Å². The van der Waals surface area contributed by atoms with Gasteiger partial charge in [-0.15, -0.1) is 0 Å². The molecule has 3 heterocycles. The molecule has 2 atom stereocenters. The van der Waals surface area contributed by atoms with Crippen LogP contribution in [0.5, 0.6) is 0 Å². The summed E-state index contributed by atoms with van der Waals surface area (Å²) in [5.41, 5.74) is 1.46. The number of ether oxygens (including phenoxy) is 1. The highest BCUT2D eigenvalue weighted by Gasteiger charge is 2.33. The molecule has 7 heteroatoms. The highest BCUT2D eigenvalue weighted by molar-refractivity contribution is 5.76. The van der Waals surface area contributed by atoms with Gasteiger partial charge in [-0.2, -0.15) is 0 Å². The summed E-state index contributed by atoms with van der Waals surface area (Å²) in [6.45, 7) is 8.45. The number of piperidine rings is 1. The van der Waals surface area contributed by atoms with Crippen LogP contribution < -0.4 is 5.32 Å². The van der Waals surface area contributed by atoms with E-state index in [1.54, 1.807) is 6.33 Å². The molecule has 0 saturated carbocycles. The third kappa shape index (κ3) is 4.25. The summed E-state index contributed by atoms with van der Waals surface area (Å²) in [7, 11) is 0. The summed E-state index contributed by atoms with van der Waals surface area (Å²) < 4.78 is 7.57. The zero-order chi connectivity index (χ0) is 21.3. The second-order valence-electron chi connectivity index (χ2n) is 8.79. The smallest absolute Gasteiger partial charge is 0.410 e. The maximum absolute atomic E-state index is 12.6. The number of anilines is 1. The van der Waals surface area contributed by atoms with Gasteiger partial charge in [0.15, 0.2) is 0 Å². The van der Waals surface area contributed by atoms with Crippen molar-refractivity contribution in [3.63, 3.8) is 0 Å². The lowest BCUT2D eigenvalue weighted by atomic mass is 9.98. The van der Waals surface area contributed by atoms with Crippen molar-refractivity contribution in [3.05, 3.63) is 48.8 Å². The monoisotopic (exact) mass is 407 g/mol. The lowest BCUT2D eigenvalue weighted by molar-refractivity contribution is 0.0104. The van der Waals surface area contributed by atoms with Crippen molar-refractivity contribution < 1.29 is 9.53 Å². The summed E-state index contributed by atoms with van der Waals surface area (Å²) in [6, 6.07) is 14.0. The number of amides is 1. The first-order valence-corrected chi connectivity index (χ1v) is 10.5. The number of carbonyl (C=O) groups excluding carboxylic acids is 1. The maximum atomic E-state index is 12.6. The molecule has 1 aliphatic heterocycles. The van der Waals surface area contributed by atoms with Crippen molar-refractivity contribution in [2.75, 3.05) is 11.9 Å². The average molecular weight is 408 g/mol.